The zero-order valence-electron chi connectivity index (χ0n) is 13.7. The highest BCUT2D eigenvalue weighted by atomic mass is 35.5. The highest BCUT2D eigenvalue weighted by molar-refractivity contribution is 7.21. The maximum atomic E-state index is 12.3. The van der Waals surface area contributed by atoms with Gasteiger partial charge in [0.25, 0.3) is 5.91 Å². The predicted molar refractivity (Wildman–Crippen MR) is 112 cm³/mol. The number of thiophene rings is 1. The Morgan fingerprint density at radius 2 is 1.81 bits per heavy atom. The van der Waals surface area contributed by atoms with Crippen LogP contribution in [-0.2, 0) is 9.53 Å². The average molecular weight is 463 g/mol. The van der Waals surface area contributed by atoms with E-state index in [2.05, 4.69) is 5.32 Å². The molecule has 0 radical (unpaired) electrons. The van der Waals surface area contributed by atoms with E-state index in [9.17, 15) is 9.59 Å². The fraction of sp³-hybridized carbons (Fsp3) is 0.111. The monoisotopic (exact) mass is 461 g/mol. The number of hydrogen-bond donors (Lipinski definition) is 1. The van der Waals surface area contributed by atoms with Crippen LogP contribution in [0.1, 0.15) is 15.2 Å². The number of benzene rings is 2. The number of ether oxygens (including phenoxy) is 1. The number of carbonyl (C=O) groups is 2. The number of anilines is 1. The van der Waals surface area contributed by atoms with Crippen LogP contribution in [0.4, 0.5) is 5.69 Å². The maximum absolute atomic E-state index is 12.3. The molecule has 3 rings (SSSR count). The SMILES string of the molecule is Cc1ccc(Cl)c(NC(=O)COC(=O)c2sc3cc(Cl)ccc3c2Cl)c1Cl. The first-order valence-corrected chi connectivity index (χ1v) is 9.90. The molecule has 140 valence electrons. The largest absolute Gasteiger partial charge is 0.451 e. The molecule has 0 bridgehead atoms. The van der Waals surface area contributed by atoms with E-state index < -0.39 is 18.5 Å². The number of halogens is 4. The number of hydrogen-bond acceptors (Lipinski definition) is 4. The fourth-order valence-electron chi connectivity index (χ4n) is 2.31. The van der Waals surface area contributed by atoms with Gasteiger partial charge < -0.3 is 10.1 Å². The van der Waals surface area contributed by atoms with E-state index in [1.165, 1.54) is 0 Å². The van der Waals surface area contributed by atoms with Crippen molar-refractivity contribution in [3.05, 3.63) is 60.9 Å². The first-order chi connectivity index (χ1) is 12.8. The topological polar surface area (TPSA) is 55.4 Å². The van der Waals surface area contributed by atoms with E-state index in [4.69, 9.17) is 51.1 Å². The molecule has 0 unspecified atom stereocenters. The molecule has 1 heterocycles. The molecule has 0 aliphatic heterocycles. The van der Waals surface area contributed by atoms with Crippen molar-refractivity contribution in [2.75, 3.05) is 11.9 Å². The molecule has 0 aliphatic carbocycles. The van der Waals surface area contributed by atoms with Crippen LogP contribution in [0.5, 0.6) is 0 Å². The highest BCUT2D eigenvalue weighted by Crippen LogP contribution is 2.37. The Morgan fingerprint density at radius 1 is 1.07 bits per heavy atom. The van der Waals surface area contributed by atoms with Crippen molar-refractivity contribution in [2.45, 2.75) is 6.92 Å². The quantitative estimate of drug-likeness (QED) is 0.443. The van der Waals surface area contributed by atoms with Crippen molar-refractivity contribution in [3.8, 4) is 0 Å². The molecular weight excluding hydrogens is 452 g/mol. The average Bonchev–Trinajstić information content (AvgIpc) is 2.96. The van der Waals surface area contributed by atoms with E-state index in [0.717, 1.165) is 21.6 Å². The minimum absolute atomic E-state index is 0.202. The zero-order valence-corrected chi connectivity index (χ0v) is 17.6. The third-order valence-electron chi connectivity index (χ3n) is 3.66. The third kappa shape index (κ3) is 4.33. The summed E-state index contributed by atoms with van der Waals surface area (Å²) in [6.07, 6.45) is 0. The van der Waals surface area contributed by atoms with Crippen LogP contribution in [0.3, 0.4) is 0 Å². The van der Waals surface area contributed by atoms with Gasteiger partial charge in [-0.1, -0.05) is 58.5 Å². The van der Waals surface area contributed by atoms with Crippen molar-refractivity contribution in [1.82, 2.24) is 0 Å². The standard InChI is InChI=1S/C18H11Cl4NO3S/c1-8-2-5-11(20)16(14(8)21)23-13(24)7-26-18(25)17-15(22)10-4-3-9(19)6-12(10)27-17/h2-6H,7H2,1H3,(H,23,24). The molecule has 0 atom stereocenters. The predicted octanol–water partition coefficient (Wildman–Crippen LogP) is 6.62. The van der Waals surface area contributed by atoms with Crippen molar-refractivity contribution >= 4 is 85.4 Å². The first kappa shape index (κ1) is 20.2. The van der Waals surface area contributed by atoms with Crippen LogP contribution < -0.4 is 5.32 Å². The molecule has 0 spiro atoms. The molecule has 2 aromatic carbocycles. The second-order valence-electron chi connectivity index (χ2n) is 5.56. The molecule has 0 fully saturated rings. The number of esters is 1. The fourth-order valence-corrected chi connectivity index (χ4v) is 4.46. The highest BCUT2D eigenvalue weighted by Gasteiger charge is 2.20. The minimum Gasteiger partial charge on any atom is -0.451 e. The van der Waals surface area contributed by atoms with Crippen molar-refractivity contribution in [3.63, 3.8) is 0 Å². The molecule has 0 aliphatic rings. The van der Waals surface area contributed by atoms with Gasteiger partial charge in [-0.25, -0.2) is 4.79 Å². The Morgan fingerprint density at radius 3 is 2.56 bits per heavy atom. The summed E-state index contributed by atoms with van der Waals surface area (Å²) in [7, 11) is 0. The van der Waals surface area contributed by atoms with Gasteiger partial charge in [0.15, 0.2) is 6.61 Å². The zero-order chi connectivity index (χ0) is 19.7. The lowest BCUT2D eigenvalue weighted by molar-refractivity contribution is -0.119. The molecule has 1 N–H and O–H groups in total. The second-order valence-corrected chi connectivity index (χ2v) is 8.21. The number of fused-ring (bicyclic) bond motifs is 1. The van der Waals surface area contributed by atoms with E-state index >= 15 is 0 Å². The normalized spacial score (nSPS) is 10.9. The Kier molecular flexibility index (Phi) is 6.18. The summed E-state index contributed by atoms with van der Waals surface area (Å²) in [5.41, 5.74) is 1.03. The third-order valence-corrected chi connectivity index (χ3v) is 6.33. The summed E-state index contributed by atoms with van der Waals surface area (Å²) in [4.78, 5) is 24.6. The number of carbonyl (C=O) groups excluding carboxylic acids is 2. The maximum Gasteiger partial charge on any atom is 0.350 e. The number of amides is 1. The van der Waals surface area contributed by atoms with E-state index in [1.54, 1.807) is 37.3 Å². The van der Waals surface area contributed by atoms with Gasteiger partial charge in [0.05, 0.1) is 20.8 Å². The molecular formula is C18H11Cl4NO3S. The molecule has 1 amide bonds. The summed E-state index contributed by atoms with van der Waals surface area (Å²) < 4.78 is 5.82. The molecule has 4 nitrogen and oxygen atoms in total. The summed E-state index contributed by atoms with van der Waals surface area (Å²) in [6.45, 7) is 1.27. The second kappa shape index (κ2) is 8.25. The van der Waals surface area contributed by atoms with Crippen LogP contribution in [0.2, 0.25) is 20.1 Å². The van der Waals surface area contributed by atoms with Crippen LogP contribution >= 0.6 is 57.7 Å². The number of aryl methyl sites for hydroxylation is 1. The van der Waals surface area contributed by atoms with Gasteiger partial charge >= 0.3 is 5.97 Å². The lowest BCUT2D eigenvalue weighted by Crippen LogP contribution is -2.21. The summed E-state index contributed by atoms with van der Waals surface area (Å²) in [5, 5.41) is 4.65. The van der Waals surface area contributed by atoms with Gasteiger partial charge in [0.2, 0.25) is 0 Å². The van der Waals surface area contributed by atoms with Crippen molar-refractivity contribution in [1.29, 1.82) is 0 Å². The van der Waals surface area contributed by atoms with Gasteiger partial charge in [-0.2, -0.15) is 0 Å². The summed E-state index contributed by atoms with van der Waals surface area (Å²) >= 11 is 25.5. The van der Waals surface area contributed by atoms with Gasteiger partial charge in [-0.05, 0) is 30.7 Å². The Hall–Kier alpha value is -1.50. The first-order valence-electron chi connectivity index (χ1n) is 7.57. The van der Waals surface area contributed by atoms with Crippen molar-refractivity contribution in [2.24, 2.45) is 0 Å². The van der Waals surface area contributed by atoms with Crippen LogP contribution in [-0.4, -0.2) is 18.5 Å². The number of nitrogens with one attached hydrogen (secondary N) is 1. The minimum atomic E-state index is -0.700. The van der Waals surface area contributed by atoms with E-state index in [-0.39, 0.29) is 20.6 Å². The number of rotatable bonds is 4. The van der Waals surface area contributed by atoms with Gasteiger partial charge in [0.1, 0.15) is 4.88 Å². The van der Waals surface area contributed by atoms with E-state index in [0.29, 0.717) is 15.4 Å². The van der Waals surface area contributed by atoms with Crippen LogP contribution in [0, 0.1) is 6.92 Å². The molecule has 0 saturated carbocycles. The smallest absolute Gasteiger partial charge is 0.350 e. The molecule has 0 saturated heterocycles. The van der Waals surface area contributed by atoms with Crippen LogP contribution in [0.15, 0.2) is 30.3 Å². The Labute approximate surface area is 178 Å². The molecule has 27 heavy (non-hydrogen) atoms. The van der Waals surface area contributed by atoms with Gasteiger partial charge in [0, 0.05) is 15.1 Å². The summed E-state index contributed by atoms with van der Waals surface area (Å²) in [5.74, 6) is -1.27. The van der Waals surface area contributed by atoms with Gasteiger partial charge in [-0.3, -0.25) is 4.79 Å². The van der Waals surface area contributed by atoms with Gasteiger partial charge in [-0.15, -0.1) is 11.3 Å². The Bertz CT molecular complexity index is 1060. The Balaban J connectivity index is 1.70. The molecule has 3 aromatic rings. The van der Waals surface area contributed by atoms with Crippen molar-refractivity contribution < 1.29 is 14.3 Å². The molecule has 1 aromatic heterocycles. The summed E-state index contributed by atoms with van der Waals surface area (Å²) in [6, 6.07) is 8.46. The molecule has 9 heteroatoms. The lowest BCUT2D eigenvalue weighted by Gasteiger charge is -2.11. The van der Waals surface area contributed by atoms with Crippen LogP contribution in [0.25, 0.3) is 10.1 Å². The van der Waals surface area contributed by atoms with E-state index in [1.807, 2.05) is 0 Å². The lowest BCUT2D eigenvalue weighted by atomic mass is 10.2.